The van der Waals surface area contributed by atoms with Crippen molar-refractivity contribution in [1.82, 2.24) is 20.0 Å². The molecule has 1 aromatic carbocycles. The van der Waals surface area contributed by atoms with E-state index in [4.69, 9.17) is 9.73 Å². The summed E-state index contributed by atoms with van der Waals surface area (Å²) in [6, 6.07) is 5.50. The van der Waals surface area contributed by atoms with Crippen molar-refractivity contribution in [2.45, 2.75) is 38.5 Å². The van der Waals surface area contributed by atoms with Crippen LogP contribution in [0.25, 0.3) is 0 Å². The minimum absolute atomic E-state index is 0.109. The highest BCUT2D eigenvalue weighted by Gasteiger charge is 2.32. The zero-order valence-electron chi connectivity index (χ0n) is 18.4. The number of aromatic nitrogens is 2. The van der Waals surface area contributed by atoms with Crippen LogP contribution in [0, 0.1) is 0 Å². The van der Waals surface area contributed by atoms with E-state index in [0.717, 1.165) is 17.6 Å². The van der Waals surface area contributed by atoms with Gasteiger partial charge in [-0.3, -0.25) is 9.67 Å². The predicted molar refractivity (Wildman–Crippen MR) is 114 cm³/mol. The van der Waals surface area contributed by atoms with Crippen LogP contribution >= 0.6 is 0 Å². The Labute approximate surface area is 181 Å². The molecule has 31 heavy (non-hydrogen) atoms. The van der Waals surface area contributed by atoms with E-state index in [1.165, 1.54) is 12.1 Å². The van der Waals surface area contributed by atoms with Crippen LogP contribution in [-0.4, -0.2) is 53.4 Å². The van der Waals surface area contributed by atoms with Crippen molar-refractivity contribution in [3.63, 3.8) is 0 Å². The number of nitrogens with one attached hydrogen (secondary N) is 1. The minimum atomic E-state index is -4.36. The molecule has 1 aromatic heterocycles. The van der Waals surface area contributed by atoms with Crippen LogP contribution in [0.3, 0.4) is 0 Å². The van der Waals surface area contributed by atoms with Crippen molar-refractivity contribution < 1.29 is 17.9 Å². The topological polar surface area (TPSA) is 54.7 Å². The maximum absolute atomic E-state index is 13.1. The maximum Gasteiger partial charge on any atom is 0.416 e. The van der Waals surface area contributed by atoms with Crippen LogP contribution in [0.1, 0.15) is 43.6 Å². The van der Waals surface area contributed by atoms with Crippen molar-refractivity contribution in [2.75, 3.05) is 32.8 Å². The van der Waals surface area contributed by atoms with Crippen LogP contribution in [-0.2, 0) is 23.4 Å². The van der Waals surface area contributed by atoms with Crippen LogP contribution in [0.4, 0.5) is 13.2 Å². The molecule has 1 fully saturated rings. The first-order valence-corrected chi connectivity index (χ1v) is 10.4. The molecule has 0 radical (unpaired) electrons. The highest BCUT2D eigenvalue weighted by atomic mass is 19.4. The van der Waals surface area contributed by atoms with Crippen LogP contribution < -0.4 is 5.32 Å². The zero-order valence-corrected chi connectivity index (χ0v) is 18.4. The summed E-state index contributed by atoms with van der Waals surface area (Å²) < 4.78 is 47.0. The lowest BCUT2D eigenvalue weighted by Crippen LogP contribution is -2.48. The Morgan fingerprint density at radius 1 is 1.29 bits per heavy atom. The quantitative estimate of drug-likeness (QED) is 0.572. The van der Waals surface area contributed by atoms with Gasteiger partial charge in [0.05, 0.1) is 31.5 Å². The van der Waals surface area contributed by atoms with Crippen LogP contribution in [0.15, 0.2) is 41.7 Å². The second kappa shape index (κ2) is 9.30. The van der Waals surface area contributed by atoms with Gasteiger partial charge in [-0.15, -0.1) is 0 Å². The molecule has 1 saturated heterocycles. The van der Waals surface area contributed by atoms with Gasteiger partial charge in [-0.1, -0.05) is 32.0 Å². The normalized spacial score (nSPS) is 18.4. The standard InChI is InChI=1S/C22H30F3N5O/c1-5-26-20(30-9-10-31-19(14-30)16-12-28-29(4)13-16)27-15-21(2,3)17-7-6-8-18(11-17)22(23,24)25/h6-8,11-13,19H,5,9-10,14-15H2,1-4H3,(H,26,27). The fraction of sp³-hybridized carbons (Fsp3) is 0.545. The number of aliphatic imine (C=N–C) groups is 1. The number of halogens is 3. The highest BCUT2D eigenvalue weighted by molar-refractivity contribution is 5.80. The fourth-order valence-corrected chi connectivity index (χ4v) is 3.56. The minimum Gasteiger partial charge on any atom is -0.370 e. The summed E-state index contributed by atoms with van der Waals surface area (Å²) in [5.74, 6) is 0.736. The van der Waals surface area contributed by atoms with Crippen LogP contribution in [0.5, 0.6) is 0 Å². The van der Waals surface area contributed by atoms with E-state index in [-0.39, 0.29) is 6.10 Å². The smallest absolute Gasteiger partial charge is 0.370 e. The van der Waals surface area contributed by atoms with E-state index >= 15 is 0 Å². The molecule has 2 heterocycles. The largest absolute Gasteiger partial charge is 0.416 e. The summed E-state index contributed by atoms with van der Waals surface area (Å²) in [6.45, 7) is 8.73. The lowest BCUT2D eigenvalue weighted by molar-refractivity contribution is -0.137. The first kappa shape index (κ1) is 23.1. The van der Waals surface area contributed by atoms with E-state index in [0.29, 0.717) is 38.3 Å². The van der Waals surface area contributed by atoms with E-state index in [1.807, 2.05) is 34.0 Å². The van der Waals surface area contributed by atoms with Gasteiger partial charge in [0.1, 0.15) is 6.10 Å². The lowest BCUT2D eigenvalue weighted by atomic mass is 9.84. The third kappa shape index (κ3) is 5.78. The predicted octanol–water partition coefficient (Wildman–Crippen LogP) is 3.76. The van der Waals surface area contributed by atoms with Gasteiger partial charge in [0.2, 0.25) is 0 Å². The van der Waals surface area contributed by atoms with Gasteiger partial charge in [-0.25, -0.2) is 0 Å². The summed E-state index contributed by atoms with van der Waals surface area (Å²) >= 11 is 0. The lowest BCUT2D eigenvalue weighted by Gasteiger charge is -2.35. The Balaban J connectivity index is 1.77. The number of hydrogen-bond acceptors (Lipinski definition) is 3. The van der Waals surface area contributed by atoms with Gasteiger partial charge < -0.3 is 15.0 Å². The molecule has 1 aliphatic rings. The van der Waals surface area contributed by atoms with Gasteiger partial charge in [0.15, 0.2) is 5.96 Å². The Morgan fingerprint density at radius 2 is 2.03 bits per heavy atom. The van der Waals surface area contributed by atoms with Gasteiger partial charge in [-0.05, 0) is 18.6 Å². The summed E-state index contributed by atoms with van der Waals surface area (Å²) in [5.41, 5.74) is 0.419. The van der Waals surface area contributed by atoms with E-state index < -0.39 is 17.2 Å². The third-order valence-corrected chi connectivity index (χ3v) is 5.39. The summed E-state index contributed by atoms with van der Waals surface area (Å²) in [5, 5.41) is 7.53. The number of benzene rings is 1. The van der Waals surface area contributed by atoms with E-state index in [1.54, 1.807) is 16.9 Å². The molecular formula is C22H30F3N5O. The number of hydrogen-bond donors (Lipinski definition) is 1. The van der Waals surface area contributed by atoms with Crippen molar-refractivity contribution >= 4 is 5.96 Å². The SMILES string of the molecule is CCNC(=NCC(C)(C)c1cccc(C(F)(F)F)c1)N1CCOC(c2cnn(C)c2)C1. The number of aryl methyl sites for hydroxylation is 1. The number of nitrogens with zero attached hydrogens (tertiary/aromatic N) is 4. The Bertz CT molecular complexity index is 907. The first-order valence-electron chi connectivity index (χ1n) is 10.4. The second-order valence-corrected chi connectivity index (χ2v) is 8.39. The Hall–Kier alpha value is -2.55. The monoisotopic (exact) mass is 437 g/mol. The molecule has 1 aliphatic heterocycles. The molecule has 3 rings (SSSR count). The molecule has 0 amide bonds. The molecule has 1 atom stereocenters. The maximum atomic E-state index is 13.1. The average molecular weight is 438 g/mol. The van der Waals surface area contributed by atoms with Gasteiger partial charge >= 0.3 is 6.18 Å². The number of alkyl halides is 3. The molecule has 9 heteroatoms. The molecule has 6 nitrogen and oxygen atoms in total. The second-order valence-electron chi connectivity index (χ2n) is 8.39. The van der Waals surface area contributed by atoms with Gasteiger partial charge in [-0.2, -0.15) is 18.3 Å². The molecule has 1 N–H and O–H groups in total. The van der Waals surface area contributed by atoms with Gasteiger partial charge in [0, 0.05) is 37.3 Å². The summed E-state index contributed by atoms with van der Waals surface area (Å²) in [7, 11) is 1.87. The zero-order chi connectivity index (χ0) is 22.6. The molecule has 1 unspecified atom stereocenters. The number of guanidine groups is 1. The first-order chi connectivity index (χ1) is 14.6. The molecular weight excluding hydrogens is 407 g/mol. The molecule has 0 aliphatic carbocycles. The van der Waals surface area contributed by atoms with Crippen molar-refractivity contribution in [2.24, 2.45) is 12.0 Å². The Kier molecular flexibility index (Phi) is 6.93. The van der Waals surface area contributed by atoms with Gasteiger partial charge in [0.25, 0.3) is 0 Å². The average Bonchev–Trinajstić information content (AvgIpc) is 3.17. The molecule has 0 bridgehead atoms. The van der Waals surface area contributed by atoms with Crippen molar-refractivity contribution in [3.05, 3.63) is 53.3 Å². The van der Waals surface area contributed by atoms with Crippen molar-refractivity contribution in [1.29, 1.82) is 0 Å². The number of morpholine rings is 1. The summed E-state index contributed by atoms with van der Waals surface area (Å²) in [6.07, 6.45) is -0.730. The fourth-order valence-electron chi connectivity index (χ4n) is 3.56. The van der Waals surface area contributed by atoms with Crippen LogP contribution in [0.2, 0.25) is 0 Å². The number of rotatable bonds is 5. The van der Waals surface area contributed by atoms with E-state index in [2.05, 4.69) is 15.3 Å². The summed E-state index contributed by atoms with van der Waals surface area (Å²) in [4.78, 5) is 6.92. The molecule has 0 saturated carbocycles. The molecule has 0 spiro atoms. The molecule has 170 valence electrons. The number of ether oxygens (including phenoxy) is 1. The third-order valence-electron chi connectivity index (χ3n) is 5.39. The Morgan fingerprint density at radius 3 is 2.68 bits per heavy atom. The van der Waals surface area contributed by atoms with Crippen molar-refractivity contribution in [3.8, 4) is 0 Å². The highest BCUT2D eigenvalue weighted by Crippen LogP contribution is 2.33. The van der Waals surface area contributed by atoms with E-state index in [9.17, 15) is 13.2 Å². The molecule has 2 aromatic rings.